The fourth-order valence-electron chi connectivity index (χ4n) is 3.12. The average molecular weight is 380 g/mol. The third-order valence-electron chi connectivity index (χ3n) is 4.49. The van der Waals surface area contributed by atoms with Crippen molar-refractivity contribution in [3.05, 3.63) is 93.7 Å². The summed E-state index contributed by atoms with van der Waals surface area (Å²) in [7, 11) is 0. The molecule has 1 aromatic carbocycles. The van der Waals surface area contributed by atoms with Gasteiger partial charge in [0.15, 0.2) is 0 Å². The molecular formula is C21H17FN2O4. The molecule has 4 aromatic rings. The quantitative estimate of drug-likeness (QED) is 0.574. The Labute approximate surface area is 159 Å². The SMILES string of the molecule is Cc1oc2ccn(Cc3ccc(F)cc3)c(=O)c2c1C(=O)NCc1ccco1. The van der Waals surface area contributed by atoms with Gasteiger partial charge in [0.2, 0.25) is 0 Å². The van der Waals surface area contributed by atoms with Crippen LogP contribution in [-0.4, -0.2) is 10.5 Å². The summed E-state index contributed by atoms with van der Waals surface area (Å²) in [6, 6.07) is 11.0. The molecule has 0 bridgehead atoms. The van der Waals surface area contributed by atoms with E-state index in [4.69, 9.17) is 8.83 Å². The molecule has 7 heteroatoms. The van der Waals surface area contributed by atoms with Crippen molar-refractivity contribution < 1.29 is 18.0 Å². The standard InChI is InChI=1S/C21H17FN2O4/c1-13-18(20(25)23-11-16-3-2-10-27-16)19-17(28-13)8-9-24(21(19)26)12-14-4-6-15(22)7-5-14/h2-10H,11-12H2,1H3,(H,23,25). The number of carbonyl (C=O) groups is 1. The number of aryl methyl sites for hydroxylation is 1. The van der Waals surface area contributed by atoms with Crippen LogP contribution in [0.1, 0.15) is 27.4 Å². The van der Waals surface area contributed by atoms with Crippen LogP contribution in [0.4, 0.5) is 4.39 Å². The lowest BCUT2D eigenvalue weighted by atomic mass is 10.1. The number of nitrogens with one attached hydrogen (secondary N) is 1. The number of furan rings is 2. The maximum absolute atomic E-state index is 13.1. The molecule has 0 atom stereocenters. The first-order valence-electron chi connectivity index (χ1n) is 8.70. The number of benzene rings is 1. The van der Waals surface area contributed by atoms with E-state index in [-0.39, 0.29) is 35.4 Å². The van der Waals surface area contributed by atoms with Gasteiger partial charge in [-0.3, -0.25) is 9.59 Å². The molecule has 0 aliphatic carbocycles. The third-order valence-corrected chi connectivity index (χ3v) is 4.49. The number of carbonyl (C=O) groups excluding carboxylic acids is 1. The summed E-state index contributed by atoms with van der Waals surface area (Å²) in [6.45, 7) is 2.10. The van der Waals surface area contributed by atoms with Gasteiger partial charge in [0.25, 0.3) is 11.5 Å². The molecule has 3 heterocycles. The van der Waals surface area contributed by atoms with E-state index in [1.807, 2.05) is 0 Å². The van der Waals surface area contributed by atoms with Crippen molar-refractivity contribution >= 4 is 16.9 Å². The number of rotatable bonds is 5. The highest BCUT2D eigenvalue weighted by Gasteiger charge is 2.22. The van der Waals surface area contributed by atoms with Crippen LogP contribution in [0.25, 0.3) is 11.0 Å². The minimum atomic E-state index is -0.413. The molecule has 4 rings (SSSR count). The molecule has 0 aliphatic rings. The average Bonchev–Trinajstić information content (AvgIpc) is 3.31. The molecule has 28 heavy (non-hydrogen) atoms. The number of aromatic nitrogens is 1. The van der Waals surface area contributed by atoms with Crippen LogP contribution in [0.2, 0.25) is 0 Å². The first-order chi connectivity index (χ1) is 13.5. The molecule has 0 radical (unpaired) electrons. The maximum Gasteiger partial charge on any atom is 0.262 e. The largest absolute Gasteiger partial charge is 0.467 e. The van der Waals surface area contributed by atoms with Gasteiger partial charge in [0, 0.05) is 6.20 Å². The van der Waals surface area contributed by atoms with Crippen LogP contribution >= 0.6 is 0 Å². The first-order valence-corrected chi connectivity index (χ1v) is 8.70. The van der Waals surface area contributed by atoms with E-state index in [1.54, 1.807) is 43.5 Å². The first kappa shape index (κ1) is 17.8. The van der Waals surface area contributed by atoms with Crippen LogP contribution in [0, 0.1) is 12.7 Å². The van der Waals surface area contributed by atoms with E-state index in [0.717, 1.165) is 5.56 Å². The minimum Gasteiger partial charge on any atom is -0.467 e. The molecular weight excluding hydrogens is 363 g/mol. The molecule has 0 aliphatic heterocycles. The summed E-state index contributed by atoms with van der Waals surface area (Å²) < 4.78 is 25.4. The third kappa shape index (κ3) is 3.34. The Balaban J connectivity index is 1.68. The summed E-state index contributed by atoms with van der Waals surface area (Å²) in [5.41, 5.74) is 0.981. The van der Waals surface area contributed by atoms with Crippen molar-refractivity contribution in [2.24, 2.45) is 0 Å². The Kier molecular flexibility index (Phi) is 4.57. The van der Waals surface area contributed by atoms with Gasteiger partial charge in [-0.2, -0.15) is 0 Å². The number of fused-ring (bicyclic) bond motifs is 1. The van der Waals surface area contributed by atoms with Crippen LogP contribution in [0.15, 0.2) is 68.6 Å². The van der Waals surface area contributed by atoms with Crippen molar-refractivity contribution in [2.45, 2.75) is 20.0 Å². The predicted octanol–water partition coefficient (Wildman–Crippen LogP) is 3.61. The van der Waals surface area contributed by atoms with E-state index in [9.17, 15) is 14.0 Å². The number of hydrogen-bond acceptors (Lipinski definition) is 4. The van der Waals surface area contributed by atoms with Crippen LogP contribution in [0.3, 0.4) is 0 Å². The van der Waals surface area contributed by atoms with Crippen LogP contribution in [-0.2, 0) is 13.1 Å². The van der Waals surface area contributed by atoms with E-state index in [0.29, 0.717) is 17.1 Å². The van der Waals surface area contributed by atoms with Gasteiger partial charge in [-0.05, 0) is 42.8 Å². The highest BCUT2D eigenvalue weighted by Crippen LogP contribution is 2.22. The molecule has 0 saturated carbocycles. The summed E-state index contributed by atoms with van der Waals surface area (Å²) >= 11 is 0. The van der Waals surface area contributed by atoms with Crippen molar-refractivity contribution in [3.63, 3.8) is 0 Å². The van der Waals surface area contributed by atoms with Crippen molar-refractivity contribution in [1.29, 1.82) is 0 Å². The van der Waals surface area contributed by atoms with Gasteiger partial charge in [-0.1, -0.05) is 12.1 Å². The second-order valence-corrected chi connectivity index (χ2v) is 6.41. The monoisotopic (exact) mass is 380 g/mol. The molecule has 0 spiro atoms. The molecule has 1 amide bonds. The lowest BCUT2D eigenvalue weighted by molar-refractivity contribution is 0.0948. The summed E-state index contributed by atoms with van der Waals surface area (Å²) in [5, 5.41) is 2.96. The van der Waals surface area contributed by atoms with Crippen molar-refractivity contribution in [2.75, 3.05) is 0 Å². The number of pyridine rings is 1. The zero-order valence-corrected chi connectivity index (χ0v) is 15.1. The summed E-state index contributed by atoms with van der Waals surface area (Å²) in [6.07, 6.45) is 3.12. The van der Waals surface area contributed by atoms with Crippen molar-refractivity contribution in [1.82, 2.24) is 9.88 Å². The van der Waals surface area contributed by atoms with Gasteiger partial charge in [-0.25, -0.2) is 4.39 Å². The molecule has 0 fully saturated rings. The molecule has 0 unspecified atom stereocenters. The fourth-order valence-corrected chi connectivity index (χ4v) is 3.12. The smallest absolute Gasteiger partial charge is 0.262 e. The topological polar surface area (TPSA) is 77.4 Å². The minimum absolute atomic E-state index is 0.203. The second kappa shape index (κ2) is 7.19. The summed E-state index contributed by atoms with van der Waals surface area (Å²) in [4.78, 5) is 25.7. The Morgan fingerprint density at radius 1 is 1.18 bits per heavy atom. The van der Waals surface area contributed by atoms with Gasteiger partial charge in [-0.15, -0.1) is 0 Å². The molecule has 0 saturated heterocycles. The van der Waals surface area contributed by atoms with Gasteiger partial charge in [0.05, 0.1) is 30.3 Å². The molecule has 3 aromatic heterocycles. The predicted molar refractivity (Wildman–Crippen MR) is 101 cm³/mol. The molecule has 142 valence electrons. The second-order valence-electron chi connectivity index (χ2n) is 6.41. The fraction of sp³-hybridized carbons (Fsp3) is 0.143. The number of halogens is 1. The Hall–Kier alpha value is -3.61. The normalized spacial score (nSPS) is 11.1. The number of nitrogens with zero attached hydrogens (tertiary/aromatic N) is 1. The van der Waals surface area contributed by atoms with Gasteiger partial charge < -0.3 is 18.7 Å². The van der Waals surface area contributed by atoms with Crippen LogP contribution < -0.4 is 10.9 Å². The van der Waals surface area contributed by atoms with Gasteiger partial charge in [0.1, 0.15) is 22.9 Å². The maximum atomic E-state index is 13.1. The van der Waals surface area contributed by atoms with E-state index < -0.39 is 5.91 Å². The number of amides is 1. The molecule has 1 N–H and O–H groups in total. The van der Waals surface area contributed by atoms with Gasteiger partial charge >= 0.3 is 0 Å². The zero-order chi connectivity index (χ0) is 19.7. The van der Waals surface area contributed by atoms with E-state index in [2.05, 4.69) is 5.32 Å². The zero-order valence-electron chi connectivity index (χ0n) is 15.1. The van der Waals surface area contributed by atoms with Crippen molar-refractivity contribution in [3.8, 4) is 0 Å². The summed E-state index contributed by atoms with van der Waals surface area (Å²) in [5.74, 6) is 0.216. The lowest BCUT2D eigenvalue weighted by Gasteiger charge is -2.07. The molecule has 6 nitrogen and oxygen atoms in total. The Morgan fingerprint density at radius 3 is 2.68 bits per heavy atom. The Morgan fingerprint density at radius 2 is 1.96 bits per heavy atom. The highest BCUT2D eigenvalue weighted by molar-refractivity contribution is 6.06. The van der Waals surface area contributed by atoms with Crippen LogP contribution in [0.5, 0.6) is 0 Å². The number of hydrogen-bond donors (Lipinski definition) is 1. The lowest BCUT2D eigenvalue weighted by Crippen LogP contribution is -2.26. The van der Waals surface area contributed by atoms with E-state index in [1.165, 1.54) is 23.0 Å². The van der Waals surface area contributed by atoms with E-state index >= 15 is 0 Å². The Bertz CT molecular complexity index is 1190. The highest BCUT2D eigenvalue weighted by atomic mass is 19.1.